The summed E-state index contributed by atoms with van der Waals surface area (Å²) in [6.45, 7) is 4.27. The fourth-order valence-corrected chi connectivity index (χ4v) is 3.71. The summed E-state index contributed by atoms with van der Waals surface area (Å²) in [6.07, 6.45) is 4.10. The maximum Gasteiger partial charge on any atom is 0.244 e. The summed E-state index contributed by atoms with van der Waals surface area (Å²) in [5.41, 5.74) is 0.798. The zero-order valence-electron chi connectivity index (χ0n) is 16.3. The molecule has 1 fully saturated rings. The SMILES string of the molecule is CCn1nc(-c2ccc(F)cc2)nc1C1CCCN(C(=O)Cn2cnnn2)CC1. The van der Waals surface area contributed by atoms with Crippen LogP contribution in [0.25, 0.3) is 11.4 Å². The van der Waals surface area contributed by atoms with Crippen molar-refractivity contribution in [2.75, 3.05) is 13.1 Å². The quantitative estimate of drug-likeness (QED) is 0.651. The molecule has 1 amide bonds. The first-order chi connectivity index (χ1) is 14.1. The van der Waals surface area contributed by atoms with Gasteiger partial charge in [0.1, 0.15) is 24.5 Å². The number of hydrogen-bond acceptors (Lipinski definition) is 6. The Labute approximate surface area is 167 Å². The fraction of sp³-hybridized carbons (Fsp3) is 0.474. The van der Waals surface area contributed by atoms with Crippen LogP contribution in [0.2, 0.25) is 0 Å². The first-order valence-electron chi connectivity index (χ1n) is 9.83. The zero-order chi connectivity index (χ0) is 20.2. The normalized spacial score (nSPS) is 17.3. The molecule has 152 valence electrons. The van der Waals surface area contributed by atoms with Gasteiger partial charge in [-0.3, -0.25) is 4.79 Å². The number of hydrogen-bond donors (Lipinski definition) is 0. The van der Waals surface area contributed by atoms with Gasteiger partial charge in [0.05, 0.1) is 0 Å². The number of tetrazole rings is 1. The van der Waals surface area contributed by atoms with E-state index in [9.17, 15) is 9.18 Å². The lowest BCUT2D eigenvalue weighted by atomic mass is 10.00. The predicted octanol–water partition coefficient (Wildman–Crippen LogP) is 1.89. The monoisotopic (exact) mass is 398 g/mol. The van der Waals surface area contributed by atoms with Crippen molar-refractivity contribution in [2.45, 2.75) is 45.2 Å². The summed E-state index contributed by atoms with van der Waals surface area (Å²) in [5.74, 6) is 1.50. The number of benzene rings is 1. The van der Waals surface area contributed by atoms with Gasteiger partial charge in [0.15, 0.2) is 5.82 Å². The molecule has 4 rings (SSSR count). The van der Waals surface area contributed by atoms with Crippen molar-refractivity contribution in [3.8, 4) is 11.4 Å². The van der Waals surface area contributed by atoms with Gasteiger partial charge in [-0.25, -0.2) is 18.7 Å². The molecule has 1 atom stereocenters. The van der Waals surface area contributed by atoms with Crippen LogP contribution in [0.15, 0.2) is 30.6 Å². The number of carbonyl (C=O) groups excluding carboxylic acids is 1. The summed E-state index contributed by atoms with van der Waals surface area (Å²) in [5, 5.41) is 15.5. The number of halogens is 1. The largest absolute Gasteiger partial charge is 0.341 e. The third-order valence-corrected chi connectivity index (χ3v) is 5.24. The Balaban J connectivity index is 1.47. The number of aromatic nitrogens is 7. The summed E-state index contributed by atoms with van der Waals surface area (Å²) in [6, 6.07) is 6.23. The van der Waals surface area contributed by atoms with Crippen molar-refractivity contribution in [3.63, 3.8) is 0 Å². The van der Waals surface area contributed by atoms with E-state index in [0.717, 1.165) is 30.7 Å². The molecule has 1 saturated heterocycles. The number of rotatable bonds is 5. The first kappa shape index (κ1) is 19.2. The molecule has 1 aliphatic heterocycles. The average molecular weight is 398 g/mol. The van der Waals surface area contributed by atoms with Crippen LogP contribution in [0.3, 0.4) is 0 Å². The lowest BCUT2D eigenvalue weighted by molar-refractivity contribution is -0.132. The molecule has 0 spiro atoms. The molecule has 9 nitrogen and oxygen atoms in total. The molecule has 0 aliphatic carbocycles. The topological polar surface area (TPSA) is 94.6 Å². The summed E-state index contributed by atoms with van der Waals surface area (Å²) in [7, 11) is 0. The van der Waals surface area contributed by atoms with Crippen LogP contribution in [-0.4, -0.2) is 58.9 Å². The van der Waals surface area contributed by atoms with Crippen LogP contribution in [0.4, 0.5) is 4.39 Å². The number of aryl methyl sites for hydroxylation is 1. The Hall–Kier alpha value is -3.17. The van der Waals surface area contributed by atoms with Crippen molar-refractivity contribution in [3.05, 3.63) is 42.2 Å². The Kier molecular flexibility index (Phi) is 5.59. The second kappa shape index (κ2) is 8.46. The van der Waals surface area contributed by atoms with Crippen LogP contribution in [-0.2, 0) is 17.9 Å². The second-order valence-electron chi connectivity index (χ2n) is 7.13. The highest BCUT2D eigenvalue weighted by atomic mass is 19.1. The van der Waals surface area contributed by atoms with Crippen molar-refractivity contribution < 1.29 is 9.18 Å². The van der Waals surface area contributed by atoms with Gasteiger partial charge in [0.2, 0.25) is 5.91 Å². The van der Waals surface area contributed by atoms with Gasteiger partial charge in [0, 0.05) is 31.1 Å². The number of likely N-dealkylation sites (tertiary alicyclic amines) is 1. The van der Waals surface area contributed by atoms with Crippen LogP contribution >= 0.6 is 0 Å². The Bertz CT molecular complexity index is 953. The van der Waals surface area contributed by atoms with E-state index in [1.165, 1.54) is 23.1 Å². The predicted molar refractivity (Wildman–Crippen MR) is 102 cm³/mol. The van der Waals surface area contributed by atoms with Crippen molar-refractivity contribution in [1.29, 1.82) is 0 Å². The van der Waals surface area contributed by atoms with Gasteiger partial charge in [-0.05, 0) is 60.9 Å². The summed E-state index contributed by atoms with van der Waals surface area (Å²) >= 11 is 0. The van der Waals surface area contributed by atoms with Gasteiger partial charge < -0.3 is 4.90 Å². The molecule has 0 radical (unpaired) electrons. The smallest absolute Gasteiger partial charge is 0.244 e. The Morgan fingerprint density at radius 3 is 2.76 bits per heavy atom. The van der Waals surface area contributed by atoms with E-state index in [-0.39, 0.29) is 24.2 Å². The molecular formula is C19H23FN8O. The number of carbonyl (C=O) groups is 1. The van der Waals surface area contributed by atoms with Crippen molar-refractivity contribution in [2.24, 2.45) is 0 Å². The molecule has 1 aliphatic rings. The van der Waals surface area contributed by atoms with E-state index in [0.29, 0.717) is 25.5 Å². The third-order valence-electron chi connectivity index (χ3n) is 5.24. The highest BCUT2D eigenvalue weighted by Gasteiger charge is 2.26. The molecule has 3 aromatic rings. The molecule has 3 heterocycles. The molecule has 2 aromatic heterocycles. The summed E-state index contributed by atoms with van der Waals surface area (Å²) in [4.78, 5) is 19.2. The second-order valence-corrected chi connectivity index (χ2v) is 7.13. The highest BCUT2D eigenvalue weighted by Crippen LogP contribution is 2.29. The van der Waals surface area contributed by atoms with Crippen LogP contribution in [0.5, 0.6) is 0 Å². The Morgan fingerprint density at radius 1 is 1.21 bits per heavy atom. The molecule has 10 heteroatoms. The molecule has 1 unspecified atom stereocenters. The minimum absolute atomic E-state index is 0.0157. The van der Waals surface area contributed by atoms with Crippen LogP contribution < -0.4 is 0 Å². The lowest BCUT2D eigenvalue weighted by Crippen LogP contribution is -2.34. The molecular weight excluding hydrogens is 375 g/mol. The van der Waals surface area contributed by atoms with E-state index in [4.69, 9.17) is 4.98 Å². The zero-order valence-corrected chi connectivity index (χ0v) is 16.3. The van der Waals surface area contributed by atoms with Gasteiger partial charge in [-0.15, -0.1) is 5.10 Å². The fourth-order valence-electron chi connectivity index (χ4n) is 3.71. The van der Waals surface area contributed by atoms with E-state index in [2.05, 4.69) is 20.6 Å². The number of nitrogens with zero attached hydrogens (tertiary/aromatic N) is 8. The number of amides is 1. The van der Waals surface area contributed by atoms with Gasteiger partial charge in [-0.2, -0.15) is 5.10 Å². The molecule has 29 heavy (non-hydrogen) atoms. The van der Waals surface area contributed by atoms with E-state index < -0.39 is 0 Å². The molecule has 0 bridgehead atoms. The lowest BCUT2D eigenvalue weighted by Gasteiger charge is -2.20. The third kappa shape index (κ3) is 4.30. The standard InChI is InChI=1S/C19H23FN8O/c1-2-28-19(22-18(23-28)14-5-7-16(20)8-6-14)15-4-3-10-26(11-9-15)17(29)12-27-13-21-24-25-27/h5-8,13,15H,2-4,9-12H2,1H3. The summed E-state index contributed by atoms with van der Waals surface area (Å²) < 4.78 is 16.6. The van der Waals surface area contributed by atoms with E-state index >= 15 is 0 Å². The van der Waals surface area contributed by atoms with Crippen molar-refractivity contribution >= 4 is 5.91 Å². The highest BCUT2D eigenvalue weighted by molar-refractivity contribution is 5.75. The maximum absolute atomic E-state index is 13.2. The first-order valence-corrected chi connectivity index (χ1v) is 9.83. The van der Waals surface area contributed by atoms with Gasteiger partial charge >= 0.3 is 0 Å². The maximum atomic E-state index is 13.2. The van der Waals surface area contributed by atoms with Crippen LogP contribution in [0.1, 0.15) is 37.9 Å². The molecule has 1 aromatic carbocycles. The van der Waals surface area contributed by atoms with E-state index in [1.54, 1.807) is 12.1 Å². The average Bonchev–Trinajstić information content (AvgIpc) is 3.32. The minimum atomic E-state index is -0.279. The van der Waals surface area contributed by atoms with Crippen LogP contribution in [0, 0.1) is 5.82 Å². The van der Waals surface area contributed by atoms with Crippen molar-refractivity contribution in [1.82, 2.24) is 39.9 Å². The van der Waals surface area contributed by atoms with Gasteiger partial charge in [0.25, 0.3) is 0 Å². The molecule has 0 N–H and O–H groups in total. The minimum Gasteiger partial charge on any atom is -0.341 e. The molecule has 0 saturated carbocycles. The van der Waals surface area contributed by atoms with Gasteiger partial charge in [-0.1, -0.05) is 0 Å². The Morgan fingerprint density at radius 2 is 2.03 bits per heavy atom. The van der Waals surface area contributed by atoms with E-state index in [1.807, 2.05) is 16.5 Å².